The predicted molar refractivity (Wildman–Crippen MR) is 119 cm³/mol. The van der Waals surface area contributed by atoms with Crippen LogP contribution in [0.1, 0.15) is 35.6 Å². The number of fused-ring (bicyclic) bond motifs is 1. The maximum Gasteiger partial charge on any atom is 0.171 e. The van der Waals surface area contributed by atoms with Gasteiger partial charge in [-0.15, -0.1) is 0 Å². The molecule has 33 heavy (non-hydrogen) atoms. The average Bonchev–Trinajstić information content (AvgIpc) is 3.28. The molecule has 2 atom stereocenters. The smallest absolute Gasteiger partial charge is 0.171 e. The van der Waals surface area contributed by atoms with Crippen molar-refractivity contribution < 1.29 is 23.4 Å². The number of aliphatic hydroxyl groups is 1. The molecule has 0 fully saturated rings. The number of nitrogens with one attached hydrogen (secondary N) is 2. The number of hydrogen-bond acceptors (Lipinski definition) is 6. The van der Waals surface area contributed by atoms with Crippen LogP contribution >= 0.6 is 0 Å². The molecule has 1 aromatic carbocycles. The SMILES string of the molecule is C=CC(O)Nc1cnn(C)c1-c1n[nH]c2c1CCCC(c1c(F)c(OC)cc(OC)c1F)C2. The molecule has 2 unspecified atom stereocenters. The molecule has 1 aliphatic rings. The zero-order valence-electron chi connectivity index (χ0n) is 18.8. The molecule has 2 aromatic heterocycles. The molecular formula is C23H27F2N5O3. The van der Waals surface area contributed by atoms with Crippen molar-refractivity contribution in [1.82, 2.24) is 20.0 Å². The Balaban J connectivity index is 1.73. The van der Waals surface area contributed by atoms with Crippen molar-refractivity contribution in [2.24, 2.45) is 7.05 Å². The highest BCUT2D eigenvalue weighted by atomic mass is 19.1. The van der Waals surface area contributed by atoms with E-state index in [4.69, 9.17) is 9.47 Å². The van der Waals surface area contributed by atoms with Gasteiger partial charge in [0.1, 0.15) is 17.6 Å². The number of aryl methyl sites for hydroxylation is 1. The van der Waals surface area contributed by atoms with Gasteiger partial charge in [-0.1, -0.05) is 6.58 Å². The van der Waals surface area contributed by atoms with Crippen LogP contribution in [0.3, 0.4) is 0 Å². The Hall–Kier alpha value is -3.40. The van der Waals surface area contributed by atoms with Gasteiger partial charge in [0.05, 0.1) is 26.1 Å². The molecule has 0 amide bonds. The first-order valence-corrected chi connectivity index (χ1v) is 10.6. The molecule has 0 saturated carbocycles. The second kappa shape index (κ2) is 9.22. The second-order valence-electron chi connectivity index (χ2n) is 8.00. The van der Waals surface area contributed by atoms with E-state index in [2.05, 4.69) is 27.2 Å². The molecule has 0 aliphatic heterocycles. The summed E-state index contributed by atoms with van der Waals surface area (Å²) in [6.45, 7) is 3.57. The summed E-state index contributed by atoms with van der Waals surface area (Å²) in [6, 6.07) is 1.22. The number of rotatable bonds is 7. The summed E-state index contributed by atoms with van der Waals surface area (Å²) in [4.78, 5) is 0. The zero-order valence-corrected chi connectivity index (χ0v) is 18.8. The normalized spacial score (nSPS) is 16.6. The van der Waals surface area contributed by atoms with E-state index in [1.54, 1.807) is 17.9 Å². The molecule has 8 nitrogen and oxygen atoms in total. The molecule has 10 heteroatoms. The Morgan fingerprint density at radius 3 is 2.64 bits per heavy atom. The van der Waals surface area contributed by atoms with E-state index in [-0.39, 0.29) is 17.1 Å². The number of hydrogen-bond donors (Lipinski definition) is 3. The number of aromatic nitrogens is 4. The van der Waals surface area contributed by atoms with Crippen molar-refractivity contribution in [3.05, 3.63) is 53.4 Å². The van der Waals surface area contributed by atoms with E-state index in [0.29, 0.717) is 42.8 Å². The number of H-pyrrole nitrogens is 1. The summed E-state index contributed by atoms with van der Waals surface area (Å²) in [7, 11) is 4.47. The molecule has 176 valence electrons. The van der Waals surface area contributed by atoms with E-state index >= 15 is 8.78 Å². The topological polar surface area (TPSA) is 97.2 Å². The van der Waals surface area contributed by atoms with Crippen molar-refractivity contribution in [3.63, 3.8) is 0 Å². The Labute approximate surface area is 190 Å². The molecule has 2 heterocycles. The number of nitrogens with zero attached hydrogens (tertiary/aromatic N) is 3. The number of halogens is 2. The Kier molecular flexibility index (Phi) is 6.37. The first kappa shape index (κ1) is 22.8. The quantitative estimate of drug-likeness (QED) is 0.283. The van der Waals surface area contributed by atoms with E-state index in [9.17, 15) is 5.11 Å². The van der Waals surface area contributed by atoms with Crippen molar-refractivity contribution in [2.75, 3.05) is 19.5 Å². The van der Waals surface area contributed by atoms with Gasteiger partial charge in [0.15, 0.2) is 23.1 Å². The van der Waals surface area contributed by atoms with Gasteiger partial charge in [0.2, 0.25) is 0 Å². The minimum Gasteiger partial charge on any atom is -0.494 e. The fourth-order valence-corrected chi connectivity index (χ4v) is 4.46. The molecule has 4 rings (SSSR count). The fraction of sp³-hybridized carbons (Fsp3) is 0.391. The van der Waals surface area contributed by atoms with Crippen LogP contribution in [-0.4, -0.2) is 45.5 Å². The van der Waals surface area contributed by atoms with Gasteiger partial charge in [-0.3, -0.25) is 9.78 Å². The third-order valence-corrected chi connectivity index (χ3v) is 6.09. The van der Waals surface area contributed by atoms with Crippen LogP contribution < -0.4 is 14.8 Å². The standard InChI is InChI=1S/C23H27F2N5O3/c1-5-18(31)27-15-11-26-30(2)23(15)22-13-8-6-7-12(9-14(13)28-29-22)19-20(24)16(32-3)10-17(33-4)21(19)25/h5,10-12,18,27,31H,1,6-9H2,2-4H3,(H,28,29). The third-order valence-electron chi connectivity index (χ3n) is 6.09. The summed E-state index contributed by atoms with van der Waals surface area (Å²) in [6.07, 6.45) is 4.38. The van der Waals surface area contributed by atoms with E-state index < -0.39 is 23.8 Å². The lowest BCUT2D eigenvalue weighted by Gasteiger charge is -2.19. The predicted octanol–water partition coefficient (Wildman–Crippen LogP) is 3.68. The third kappa shape index (κ3) is 4.06. The van der Waals surface area contributed by atoms with Gasteiger partial charge in [-0.25, -0.2) is 8.78 Å². The molecule has 0 saturated heterocycles. The van der Waals surface area contributed by atoms with Crippen LogP contribution in [-0.2, 0) is 19.9 Å². The Bertz CT molecular complexity index is 1150. The van der Waals surface area contributed by atoms with Crippen molar-refractivity contribution in [3.8, 4) is 22.9 Å². The first-order valence-electron chi connectivity index (χ1n) is 10.6. The molecule has 1 aliphatic carbocycles. The highest BCUT2D eigenvalue weighted by Crippen LogP contribution is 2.42. The molecular weight excluding hydrogens is 432 g/mol. The van der Waals surface area contributed by atoms with Gasteiger partial charge in [0, 0.05) is 29.9 Å². The minimum absolute atomic E-state index is 0.0350. The largest absolute Gasteiger partial charge is 0.494 e. The summed E-state index contributed by atoms with van der Waals surface area (Å²) in [5.41, 5.74) is 3.74. The summed E-state index contributed by atoms with van der Waals surface area (Å²) >= 11 is 0. The number of aliphatic hydroxyl groups excluding tert-OH is 1. The van der Waals surface area contributed by atoms with Crippen LogP contribution in [0.4, 0.5) is 14.5 Å². The van der Waals surface area contributed by atoms with Crippen LogP contribution in [0.5, 0.6) is 11.5 Å². The molecule has 0 spiro atoms. The fourth-order valence-electron chi connectivity index (χ4n) is 4.46. The van der Waals surface area contributed by atoms with Gasteiger partial charge in [-0.2, -0.15) is 10.2 Å². The van der Waals surface area contributed by atoms with Crippen LogP contribution in [0.15, 0.2) is 24.9 Å². The van der Waals surface area contributed by atoms with E-state index in [1.165, 1.54) is 26.4 Å². The maximum atomic E-state index is 15.1. The lowest BCUT2D eigenvalue weighted by atomic mass is 9.90. The van der Waals surface area contributed by atoms with Crippen molar-refractivity contribution >= 4 is 5.69 Å². The number of methoxy groups -OCH3 is 2. The Morgan fingerprint density at radius 1 is 1.30 bits per heavy atom. The monoisotopic (exact) mass is 459 g/mol. The highest BCUT2D eigenvalue weighted by molar-refractivity contribution is 5.75. The van der Waals surface area contributed by atoms with Crippen molar-refractivity contribution in [1.29, 1.82) is 0 Å². The van der Waals surface area contributed by atoms with Crippen LogP contribution in [0.2, 0.25) is 0 Å². The Morgan fingerprint density at radius 2 is 2.00 bits per heavy atom. The van der Waals surface area contributed by atoms with Crippen LogP contribution in [0, 0.1) is 11.6 Å². The highest BCUT2D eigenvalue weighted by Gasteiger charge is 2.31. The number of aromatic amines is 1. The summed E-state index contributed by atoms with van der Waals surface area (Å²) in [5, 5.41) is 24.7. The van der Waals surface area contributed by atoms with E-state index in [0.717, 1.165) is 11.3 Å². The average molecular weight is 459 g/mol. The van der Waals surface area contributed by atoms with Gasteiger partial charge < -0.3 is 19.9 Å². The van der Waals surface area contributed by atoms with Gasteiger partial charge in [-0.05, 0) is 37.7 Å². The van der Waals surface area contributed by atoms with Crippen molar-refractivity contribution in [2.45, 2.75) is 37.8 Å². The lowest BCUT2D eigenvalue weighted by Crippen LogP contribution is -2.15. The van der Waals surface area contributed by atoms with Crippen LogP contribution in [0.25, 0.3) is 11.4 Å². The lowest BCUT2D eigenvalue weighted by molar-refractivity contribution is 0.253. The van der Waals surface area contributed by atoms with E-state index in [1.807, 2.05) is 0 Å². The first-order chi connectivity index (χ1) is 15.9. The maximum absolute atomic E-state index is 15.1. The number of ether oxygens (including phenoxy) is 2. The second-order valence-corrected chi connectivity index (χ2v) is 8.00. The number of anilines is 1. The van der Waals surface area contributed by atoms with Gasteiger partial charge >= 0.3 is 0 Å². The molecule has 0 bridgehead atoms. The number of benzene rings is 1. The minimum atomic E-state index is -0.941. The molecule has 3 N–H and O–H groups in total. The van der Waals surface area contributed by atoms with Gasteiger partial charge in [0.25, 0.3) is 0 Å². The zero-order chi connectivity index (χ0) is 23.7. The summed E-state index contributed by atoms with van der Waals surface area (Å²) < 4.78 is 42.2. The summed E-state index contributed by atoms with van der Waals surface area (Å²) in [5.74, 6) is -1.94. The molecule has 0 radical (unpaired) electrons. The molecule has 3 aromatic rings.